The van der Waals surface area contributed by atoms with E-state index in [1.54, 1.807) is 0 Å². The van der Waals surface area contributed by atoms with E-state index in [9.17, 15) is 4.79 Å². The average Bonchev–Trinajstić information content (AvgIpc) is 2.47. The fraction of sp³-hybridized carbons (Fsp3) is 0.611. The van der Waals surface area contributed by atoms with Crippen molar-refractivity contribution < 1.29 is 9.53 Å². The number of hydrogen-bond acceptors (Lipinski definition) is 3. The van der Waals surface area contributed by atoms with Gasteiger partial charge in [0.25, 0.3) is 0 Å². The molecule has 0 radical (unpaired) electrons. The molecule has 0 aliphatic carbocycles. The van der Waals surface area contributed by atoms with Crippen LogP contribution in [0, 0.1) is 5.41 Å². The molecule has 1 saturated heterocycles. The fourth-order valence-corrected chi connectivity index (χ4v) is 2.81. The smallest absolute Gasteiger partial charge is 0.316 e. The molecule has 1 aromatic rings. The Bertz CT molecular complexity index is 456. The molecule has 0 aromatic heterocycles. The van der Waals surface area contributed by atoms with E-state index in [4.69, 9.17) is 4.74 Å². The minimum atomic E-state index is -0.468. The van der Waals surface area contributed by atoms with Gasteiger partial charge in [0.15, 0.2) is 0 Å². The zero-order valence-corrected chi connectivity index (χ0v) is 13.4. The van der Waals surface area contributed by atoms with Crippen LogP contribution in [-0.4, -0.2) is 25.7 Å². The highest BCUT2D eigenvalue weighted by Gasteiger charge is 2.42. The fourth-order valence-electron chi connectivity index (χ4n) is 2.81. The van der Waals surface area contributed by atoms with Crippen molar-refractivity contribution in [1.82, 2.24) is 5.32 Å². The van der Waals surface area contributed by atoms with E-state index in [2.05, 4.69) is 38.2 Å². The zero-order valence-electron chi connectivity index (χ0n) is 13.4. The molecule has 1 aliphatic heterocycles. The van der Waals surface area contributed by atoms with Crippen LogP contribution in [0.2, 0.25) is 0 Å². The van der Waals surface area contributed by atoms with Gasteiger partial charge in [0.2, 0.25) is 0 Å². The summed E-state index contributed by atoms with van der Waals surface area (Å²) in [6, 6.07) is 10.1. The van der Waals surface area contributed by atoms with Crippen molar-refractivity contribution in [1.29, 1.82) is 0 Å². The topological polar surface area (TPSA) is 38.3 Å². The zero-order chi connectivity index (χ0) is 15.3. The summed E-state index contributed by atoms with van der Waals surface area (Å²) in [4.78, 5) is 12.8. The monoisotopic (exact) mass is 289 g/mol. The molecule has 1 aromatic carbocycles. The number of esters is 1. The molecule has 116 valence electrons. The lowest BCUT2D eigenvalue weighted by molar-refractivity contribution is -0.152. The van der Waals surface area contributed by atoms with Gasteiger partial charge in [0, 0.05) is 0 Å². The highest BCUT2D eigenvalue weighted by molar-refractivity contribution is 5.83. The van der Waals surface area contributed by atoms with E-state index in [0.29, 0.717) is 6.61 Å². The number of carbonyl (C=O) groups excluding carboxylic acids is 1. The number of nitrogens with one attached hydrogen (secondary N) is 1. The quantitative estimate of drug-likeness (QED) is 0.864. The van der Waals surface area contributed by atoms with Crippen molar-refractivity contribution in [3.63, 3.8) is 0 Å². The summed E-state index contributed by atoms with van der Waals surface area (Å²) in [6.45, 7) is 8.73. The summed E-state index contributed by atoms with van der Waals surface area (Å²) < 4.78 is 5.65. The molecule has 0 amide bonds. The van der Waals surface area contributed by atoms with Crippen LogP contribution in [-0.2, 0) is 14.9 Å². The van der Waals surface area contributed by atoms with Gasteiger partial charge in [0.1, 0.15) is 0 Å². The van der Waals surface area contributed by atoms with Crippen molar-refractivity contribution >= 4 is 5.97 Å². The number of ether oxygens (including phenoxy) is 1. The molecule has 0 bridgehead atoms. The van der Waals surface area contributed by atoms with Crippen molar-refractivity contribution in [2.45, 2.75) is 45.4 Å². The number of benzene rings is 1. The van der Waals surface area contributed by atoms with Gasteiger partial charge >= 0.3 is 5.97 Å². The van der Waals surface area contributed by atoms with Crippen molar-refractivity contribution in [3.05, 3.63) is 35.9 Å². The van der Waals surface area contributed by atoms with E-state index >= 15 is 0 Å². The number of hydrogen-bond donors (Lipinski definition) is 1. The molecule has 1 heterocycles. The molecule has 1 aliphatic rings. The average molecular weight is 289 g/mol. The molecular formula is C18H27NO2. The Morgan fingerprint density at radius 3 is 2.38 bits per heavy atom. The molecule has 0 spiro atoms. The molecule has 3 nitrogen and oxygen atoms in total. The Balaban J connectivity index is 2.11. The normalized spacial score (nSPS) is 18.2. The molecule has 21 heavy (non-hydrogen) atoms. The predicted molar refractivity (Wildman–Crippen MR) is 85.3 cm³/mol. The molecule has 0 saturated carbocycles. The third kappa shape index (κ3) is 4.07. The van der Waals surface area contributed by atoms with Crippen LogP contribution >= 0.6 is 0 Å². The standard InChI is InChI=1S/C18H27NO2/c1-17(2,3)11-14-21-16(20)18(9-12-19-13-10-18)15-7-5-4-6-8-15/h4-8,19H,9-14H2,1-3H3. The first kappa shape index (κ1) is 16.0. The van der Waals surface area contributed by atoms with E-state index in [1.165, 1.54) is 0 Å². The SMILES string of the molecule is CC(C)(C)CCOC(=O)C1(c2ccccc2)CCNCC1. The van der Waals surface area contributed by atoms with Crippen LogP contribution in [0.25, 0.3) is 0 Å². The maximum absolute atomic E-state index is 12.8. The first-order valence-electron chi connectivity index (χ1n) is 7.88. The summed E-state index contributed by atoms with van der Waals surface area (Å²) in [5, 5.41) is 3.34. The van der Waals surface area contributed by atoms with Crippen LogP contribution < -0.4 is 5.32 Å². The summed E-state index contributed by atoms with van der Waals surface area (Å²) in [7, 11) is 0. The van der Waals surface area contributed by atoms with Crippen LogP contribution in [0.15, 0.2) is 30.3 Å². The van der Waals surface area contributed by atoms with Crippen LogP contribution in [0.1, 0.15) is 45.6 Å². The number of rotatable bonds is 4. The van der Waals surface area contributed by atoms with Crippen LogP contribution in [0.3, 0.4) is 0 Å². The Labute approximate surface area is 128 Å². The molecule has 3 heteroatoms. The van der Waals surface area contributed by atoms with Gasteiger partial charge in [0.05, 0.1) is 12.0 Å². The minimum absolute atomic E-state index is 0.0561. The molecule has 0 unspecified atom stereocenters. The lowest BCUT2D eigenvalue weighted by Gasteiger charge is -2.36. The second-order valence-corrected chi connectivity index (χ2v) is 7.14. The maximum Gasteiger partial charge on any atom is 0.316 e. The minimum Gasteiger partial charge on any atom is -0.465 e. The number of piperidine rings is 1. The van der Waals surface area contributed by atoms with E-state index in [-0.39, 0.29) is 11.4 Å². The van der Waals surface area contributed by atoms with Gasteiger partial charge in [-0.3, -0.25) is 4.79 Å². The van der Waals surface area contributed by atoms with Crippen molar-refractivity contribution in [3.8, 4) is 0 Å². The largest absolute Gasteiger partial charge is 0.465 e. The van der Waals surface area contributed by atoms with E-state index < -0.39 is 5.41 Å². The van der Waals surface area contributed by atoms with E-state index in [0.717, 1.165) is 37.9 Å². The van der Waals surface area contributed by atoms with Gasteiger partial charge in [-0.1, -0.05) is 51.1 Å². The Kier molecular flexibility index (Phi) is 5.04. The Morgan fingerprint density at radius 2 is 1.81 bits per heavy atom. The van der Waals surface area contributed by atoms with E-state index in [1.807, 2.05) is 18.2 Å². The second kappa shape index (κ2) is 6.61. The summed E-state index contributed by atoms with van der Waals surface area (Å²) in [5.41, 5.74) is 0.811. The van der Waals surface area contributed by atoms with Gasteiger partial charge in [-0.15, -0.1) is 0 Å². The molecule has 1 N–H and O–H groups in total. The van der Waals surface area contributed by atoms with Crippen LogP contribution in [0.5, 0.6) is 0 Å². The lowest BCUT2D eigenvalue weighted by Crippen LogP contribution is -2.46. The van der Waals surface area contributed by atoms with Gasteiger partial charge in [-0.2, -0.15) is 0 Å². The lowest BCUT2D eigenvalue weighted by atomic mass is 9.73. The maximum atomic E-state index is 12.8. The summed E-state index contributed by atoms with van der Waals surface area (Å²) in [6.07, 6.45) is 2.51. The summed E-state index contributed by atoms with van der Waals surface area (Å²) >= 11 is 0. The van der Waals surface area contributed by atoms with Crippen molar-refractivity contribution in [2.24, 2.45) is 5.41 Å². The Hall–Kier alpha value is -1.35. The number of carbonyl (C=O) groups is 1. The third-order valence-corrected chi connectivity index (χ3v) is 4.26. The first-order chi connectivity index (χ1) is 9.94. The Morgan fingerprint density at radius 1 is 1.19 bits per heavy atom. The highest BCUT2D eigenvalue weighted by atomic mass is 16.5. The van der Waals surface area contributed by atoms with Crippen molar-refractivity contribution in [2.75, 3.05) is 19.7 Å². The molecular weight excluding hydrogens is 262 g/mol. The third-order valence-electron chi connectivity index (χ3n) is 4.26. The molecule has 1 fully saturated rings. The molecule has 0 atom stereocenters. The van der Waals surface area contributed by atoms with Gasteiger partial charge < -0.3 is 10.1 Å². The van der Waals surface area contributed by atoms with Crippen LogP contribution in [0.4, 0.5) is 0 Å². The highest BCUT2D eigenvalue weighted by Crippen LogP contribution is 2.35. The predicted octanol–water partition coefficient (Wildman–Crippen LogP) is 3.29. The summed E-state index contributed by atoms with van der Waals surface area (Å²) in [5.74, 6) is -0.0561. The second-order valence-electron chi connectivity index (χ2n) is 7.14. The first-order valence-corrected chi connectivity index (χ1v) is 7.88. The van der Waals surface area contributed by atoms with Gasteiger partial charge in [-0.25, -0.2) is 0 Å². The van der Waals surface area contributed by atoms with Gasteiger partial charge in [-0.05, 0) is 43.3 Å². The molecule has 2 rings (SSSR count).